The summed E-state index contributed by atoms with van der Waals surface area (Å²) in [4.78, 5) is 16.2. The zero-order valence-corrected chi connectivity index (χ0v) is 17.0. The summed E-state index contributed by atoms with van der Waals surface area (Å²) in [6.45, 7) is 6.08. The van der Waals surface area contributed by atoms with E-state index in [0.29, 0.717) is 12.4 Å². The van der Waals surface area contributed by atoms with Gasteiger partial charge in [0.15, 0.2) is 11.6 Å². The molecule has 7 heteroatoms. The molecule has 0 aliphatic carbocycles. The summed E-state index contributed by atoms with van der Waals surface area (Å²) < 4.78 is 21.1. The van der Waals surface area contributed by atoms with Gasteiger partial charge in [0.05, 0.1) is 0 Å². The molecule has 3 aromatic rings. The van der Waals surface area contributed by atoms with Crippen LogP contribution in [0.15, 0.2) is 54.7 Å². The Morgan fingerprint density at radius 2 is 1.70 bits per heavy atom. The summed E-state index contributed by atoms with van der Waals surface area (Å²) in [5.74, 6) is -0.352. The van der Waals surface area contributed by atoms with Crippen LogP contribution in [-0.4, -0.2) is 59.6 Å². The number of para-hydroxylation sites is 2. The van der Waals surface area contributed by atoms with E-state index >= 15 is 0 Å². The van der Waals surface area contributed by atoms with E-state index in [1.54, 1.807) is 18.2 Å². The van der Waals surface area contributed by atoms with Crippen LogP contribution in [-0.2, 0) is 17.9 Å². The van der Waals surface area contributed by atoms with Crippen LogP contribution in [0, 0.1) is 5.82 Å². The fourth-order valence-corrected chi connectivity index (χ4v) is 4.01. The number of nitrogens with zero attached hydrogens (tertiary/aromatic N) is 3. The quantitative estimate of drug-likeness (QED) is 0.620. The highest BCUT2D eigenvalue weighted by Gasteiger charge is 2.19. The SMILES string of the molecule is NC(=O)Cn1cc(CN2CCN(CCOc3ccccc3F)CC2)c2ccccc21. The molecule has 158 valence electrons. The van der Waals surface area contributed by atoms with Crippen molar-refractivity contribution in [2.75, 3.05) is 39.3 Å². The van der Waals surface area contributed by atoms with Gasteiger partial charge in [-0.25, -0.2) is 4.39 Å². The number of hydrogen-bond acceptors (Lipinski definition) is 4. The third-order valence-electron chi connectivity index (χ3n) is 5.56. The van der Waals surface area contributed by atoms with Gasteiger partial charge in [-0.05, 0) is 23.8 Å². The van der Waals surface area contributed by atoms with Crippen LogP contribution >= 0.6 is 0 Å². The first-order valence-electron chi connectivity index (χ1n) is 10.3. The van der Waals surface area contributed by atoms with Gasteiger partial charge in [-0.15, -0.1) is 0 Å². The van der Waals surface area contributed by atoms with Crippen molar-refractivity contribution in [1.82, 2.24) is 14.4 Å². The summed E-state index contributed by atoms with van der Waals surface area (Å²) in [7, 11) is 0. The van der Waals surface area contributed by atoms with Gasteiger partial charge in [-0.3, -0.25) is 14.6 Å². The highest BCUT2D eigenvalue weighted by molar-refractivity contribution is 5.85. The minimum atomic E-state index is -0.339. The predicted octanol–water partition coefficient (Wildman–Crippen LogP) is 2.46. The molecule has 1 aromatic heterocycles. The number of primary amides is 1. The lowest BCUT2D eigenvalue weighted by molar-refractivity contribution is -0.118. The van der Waals surface area contributed by atoms with Crippen LogP contribution in [0.5, 0.6) is 5.75 Å². The number of aromatic nitrogens is 1. The monoisotopic (exact) mass is 410 g/mol. The Balaban J connectivity index is 1.30. The predicted molar refractivity (Wildman–Crippen MR) is 115 cm³/mol. The Morgan fingerprint density at radius 3 is 2.47 bits per heavy atom. The van der Waals surface area contributed by atoms with Gasteiger partial charge in [0.25, 0.3) is 0 Å². The number of amides is 1. The fraction of sp³-hybridized carbons (Fsp3) is 0.348. The van der Waals surface area contributed by atoms with Gasteiger partial charge >= 0.3 is 0 Å². The molecule has 0 radical (unpaired) electrons. The van der Waals surface area contributed by atoms with Crippen molar-refractivity contribution < 1.29 is 13.9 Å². The molecular weight excluding hydrogens is 383 g/mol. The van der Waals surface area contributed by atoms with E-state index in [1.165, 1.54) is 17.0 Å². The zero-order chi connectivity index (χ0) is 20.9. The van der Waals surface area contributed by atoms with E-state index in [4.69, 9.17) is 10.5 Å². The Bertz CT molecular complexity index is 1010. The van der Waals surface area contributed by atoms with Crippen molar-refractivity contribution in [1.29, 1.82) is 0 Å². The molecule has 0 bridgehead atoms. The van der Waals surface area contributed by atoms with Crippen molar-refractivity contribution in [2.45, 2.75) is 13.1 Å². The van der Waals surface area contributed by atoms with Crippen molar-refractivity contribution >= 4 is 16.8 Å². The number of benzene rings is 2. The molecule has 1 aliphatic heterocycles. The third-order valence-corrected chi connectivity index (χ3v) is 5.56. The van der Waals surface area contributed by atoms with Crippen LogP contribution in [0.1, 0.15) is 5.56 Å². The second kappa shape index (κ2) is 9.28. The van der Waals surface area contributed by atoms with E-state index in [2.05, 4.69) is 15.9 Å². The van der Waals surface area contributed by atoms with E-state index in [9.17, 15) is 9.18 Å². The summed E-state index contributed by atoms with van der Waals surface area (Å²) in [5, 5.41) is 1.17. The molecule has 0 unspecified atom stereocenters. The van der Waals surface area contributed by atoms with E-state index < -0.39 is 0 Å². The zero-order valence-electron chi connectivity index (χ0n) is 17.0. The van der Waals surface area contributed by atoms with Crippen molar-refractivity contribution in [3.05, 3.63) is 66.1 Å². The molecule has 2 aromatic carbocycles. The lowest BCUT2D eigenvalue weighted by Crippen LogP contribution is -2.47. The highest BCUT2D eigenvalue weighted by Crippen LogP contribution is 2.23. The number of nitrogens with two attached hydrogens (primary N) is 1. The first-order chi connectivity index (χ1) is 14.6. The fourth-order valence-electron chi connectivity index (χ4n) is 4.01. The molecule has 4 rings (SSSR count). The first-order valence-corrected chi connectivity index (χ1v) is 10.3. The van der Waals surface area contributed by atoms with Crippen LogP contribution in [0.2, 0.25) is 0 Å². The summed E-state index contributed by atoms with van der Waals surface area (Å²) in [5.41, 5.74) is 7.65. The second-order valence-corrected chi connectivity index (χ2v) is 7.66. The van der Waals surface area contributed by atoms with Crippen LogP contribution in [0.3, 0.4) is 0 Å². The minimum Gasteiger partial charge on any atom is -0.489 e. The molecule has 1 fully saturated rings. The normalized spacial score (nSPS) is 15.5. The lowest BCUT2D eigenvalue weighted by atomic mass is 10.1. The van der Waals surface area contributed by atoms with Crippen LogP contribution < -0.4 is 10.5 Å². The van der Waals surface area contributed by atoms with Crippen LogP contribution in [0.4, 0.5) is 4.39 Å². The number of piperazine rings is 1. The molecule has 1 aliphatic rings. The molecular formula is C23H27FN4O2. The van der Waals surface area contributed by atoms with Gasteiger partial charge < -0.3 is 15.0 Å². The van der Waals surface area contributed by atoms with Gasteiger partial charge in [0.2, 0.25) is 5.91 Å². The molecule has 30 heavy (non-hydrogen) atoms. The molecule has 2 heterocycles. The smallest absolute Gasteiger partial charge is 0.237 e. The summed E-state index contributed by atoms with van der Waals surface area (Å²) in [6.07, 6.45) is 2.05. The lowest BCUT2D eigenvalue weighted by Gasteiger charge is -2.34. The van der Waals surface area contributed by atoms with Crippen molar-refractivity contribution in [2.24, 2.45) is 5.73 Å². The Hall–Kier alpha value is -2.90. The average Bonchev–Trinajstić information content (AvgIpc) is 3.07. The van der Waals surface area contributed by atoms with Crippen molar-refractivity contribution in [3.63, 3.8) is 0 Å². The molecule has 0 spiro atoms. The standard InChI is InChI=1S/C23H27FN4O2/c24-20-6-2-4-8-22(20)30-14-13-26-9-11-27(12-10-26)15-18-16-28(17-23(25)29)21-7-3-1-5-19(18)21/h1-8,16H,9-15,17H2,(H2,25,29). The topological polar surface area (TPSA) is 63.7 Å². The van der Waals surface area contributed by atoms with E-state index in [1.807, 2.05) is 29.0 Å². The number of carbonyl (C=O) groups excluding carboxylic acids is 1. The number of hydrogen-bond donors (Lipinski definition) is 1. The number of rotatable bonds is 8. The maximum Gasteiger partial charge on any atom is 0.237 e. The van der Waals surface area contributed by atoms with E-state index in [0.717, 1.165) is 44.8 Å². The number of ether oxygens (including phenoxy) is 1. The average molecular weight is 410 g/mol. The highest BCUT2D eigenvalue weighted by atomic mass is 19.1. The molecule has 2 N–H and O–H groups in total. The summed E-state index contributed by atoms with van der Waals surface area (Å²) >= 11 is 0. The maximum absolute atomic E-state index is 13.6. The van der Waals surface area contributed by atoms with Gasteiger partial charge in [0, 0.05) is 56.4 Å². The minimum absolute atomic E-state index is 0.191. The number of fused-ring (bicyclic) bond motifs is 1. The molecule has 1 saturated heterocycles. The van der Waals surface area contributed by atoms with Crippen LogP contribution in [0.25, 0.3) is 10.9 Å². The molecule has 0 saturated carbocycles. The molecule has 1 amide bonds. The Morgan fingerprint density at radius 1 is 1.00 bits per heavy atom. The number of halogens is 1. The largest absolute Gasteiger partial charge is 0.489 e. The molecule has 0 atom stereocenters. The Labute approximate surface area is 175 Å². The summed E-state index contributed by atoms with van der Waals surface area (Å²) in [6, 6.07) is 14.6. The number of carbonyl (C=O) groups is 1. The van der Waals surface area contributed by atoms with E-state index in [-0.39, 0.29) is 18.3 Å². The third kappa shape index (κ3) is 4.80. The Kier molecular flexibility index (Phi) is 6.30. The van der Waals surface area contributed by atoms with Crippen molar-refractivity contribution in [3.8, 4) is 5.75 Å². The van der Waals surface area contributed by atoms with Gasteiger partial charge in [-0.2, -0.15) is 0 Å². The van der Waals surface area contributed by atoms with Gasteiger partial charge in [0.1, 0.15) is 13.2 Å². The second-order valence-electron chi connectivity index (χ2n) is 7.66. The van der Waals surface area contributed by atoms with Gasteiger partial charge in [-0.1, -0.05) is 30.3 Å². The molecule has 6 nitrogen and oxygen atoms in total. The maximum atomic E-state index is 13.6. The first kappa shape index (κ1) is 20.4.